The van der Waals surface area contributed by atoms with Crippen LogP contribution >= 0.6 is 0 Å². The normalized spacial score (nSPS) is 11.7. The predicted molar refractivity (Wildman–Crippen MR) is 85.2 cm³/mol. The number of anilines is 1. The number of hydrogen-bond donors (Lipinski definition) is 1. The number of halogens is 1. The second-order valence-electron chi connectivity index (χ2n) is 5.04. The van der Waals surface area contributed by atoms with Gasteiger partial charge in [-0.1, -0.05) is 0 Å². The van der Waals surface area contributed by atoms with Crippen LogP contribution in [0.2, 0.25) is 0 Å². The lowest BCUT2D eigenvalue weighted by Crippen LogP contribution is -2.28. The second-order valence-corrected chi connectivity index (χ2v) is 5.04. The van der Waals surface area contributed by atoms with Crippen molar-refractivity contribution in [1.29, 1.82) is 0 Å². The quantitative estimate of drug-likeness (QED) is 0.823. The first-order valence-corrected chi connectivity index (χ1v) is 7.33. The lowest BCUT2D eigenvalue weighted by atomic mass is 10.2. The van der Waals surface area contributed by atoms with Gasteiger partial charge in [-0.2, -0.15) is 0 Å². The number of carbonyl (C=O) groups is 1. The van der Waals surface area contributed by atoms with E-state index in [0.717, 1.165) is 11.3 Å². The number of carbonyl (C=O) groups excluding carboxylic acids is 1. The Morgan fingerprint density at radius 2 is 2.04 bits per heavy atom. The van der Waals surface area contributed by atoms with Crippen LogP contribution in [0.5, 0.6) is 11.6 Å². The third-order valence-electron chi connectivity index (χ3n) is 3.04. The lowest BCUT2D eigenvalue weighted by molar-refractivity contribution is -0.143. The van der Waals surface area contributed by atoms with Crippen molar-refractivity contribution >= 4 is 11.7 Å². The van der Waals surface area contributed by atoms with Crippen LogP contribution in [0.4, 0.5) is 10.1 Å². The number of aromatic nitrogens is 1. The summed E-state index contributed by atoms with van der Waals surface area (Å²) in [4.78, 5) is 15.5. The van der Waals surface area contributed by atoms with Crippen LogP contribution in [-0.4, -0.2) is 23.6 Å². The largest absolute Gasteiger partial charge is 0.464 e. The molecule has 1 unspecified atom stereocenters. The fraction of sp³-hybridized carbons (Fsp3) is 0.294. The number of ether oxygens (including phenoxy) is 2. The first-order valence-electron chi connectivity index (χ1n) is 7.33. The Balaban J connectivity index is 2.00. The molecule has 1 N–H and O–H groups in total. The van der Waals surface area contributed by atoms with Gasteiger partial charge in [-0.25, -0.2) is 14.2 Å². The van der Waals surface area contributed by atoms with Crippen molar-refractivity contribution in [3.05, 3.63) is 47.9 Å². The molecule has 1 atom stereocenters. The summed E-state index contributed by atoms with van der Waals surface area (Å²) in [6, 6.07) is 7.70. The molecule has 1 aromatic carbocycles. The molecule has 0 amide bonds. The molecule has 2 aromatic rings. The van der Waals surface area contributed by atoms with Gasteiger partial charge in [0.1, 0.15) is 11.8 Å². The van der Waals surface area contributed by atoms with E-state index in [1.807, 2.05) is 0 Å². The van der Waals surface area contributed by atoms with Crippen molar-refractivity contribution in [3.8, 4) is 11.6 Å². The summed E-state index contributed by atoms with van der Waals surface area (Å²) in [6.45, 7) is 5.57. The van der Waals surface area contributed by atoms with E-state index in [2.05, 4.69) is 10.3 Å². The number of pyridine rings is 1. The van der Waals surface area contributed by atoms with Crippen LogP contribution in [0, 0.1) is 12.7 Å². The lowest BCUT2D eigenvalue weighted by Gasteiger charge is -2.14. The van der Waals surface area contributed by atoms with Crippen LogP contribution in [0.3, 0.4) is 0 Å². The van der Waals surface area contributed by atoms with Crippen molar-refractivity contribution in [2.45, 2.75) is 26.8 Å². The van der Waals surface area contributed by atoms with Crippen molar-refractivity contribution in [2.75, 3.05) is 11.9 Å². The molecule has 0 bridgehead atoms. The number of hydrogen-bond acceptors (Lipinski definition) is 5. The van der Waals surface area contributed by atoms with Gasteiger partial charge in [0.2, 0.25) is 0 Å². The third-order valence-corrected chi connectivity index (χ3v) is 3.04. The van der Waals surface area contributed by atoms with Crippen LogP contribution in [0.25, 0.3) is 0 Å². The standard InChI is InChI=1S/C17H19FN2O3/c1-4-22-17(21)12(3)20-13-5-7-14(8-6-13)23-16-15(18)9-11(2)10-19-16/h5-10,12,20H,4H2,1-3H3. The SMILES string of the molecule is CCOC(=O)C(C)Nc1ccc(Oc2ncc(C)cc2F)cc1. The minimum Gasteiger partial charge on any atom is -0.464 e. The molecule has 122 valence electrons. The molecular weight excluding hydrogens is 299 g/mol. The summed E-state index contributed by atoms with van der Waals surface area (Å²) in [5.41, 5.74) is 1.46. The average molecular weight is 318 g/mol. The predicted octanol–water partition coefficient (Wildman–Crippen LogP) is 3.68. The van der Waals surface area contributed by atoms with Gasteiger partial charge in [0.25, 0.3) is 5.88 Å². The molecular formula is C17H19FN2O3. The minimum absolute atomic E-state index is 0.0730. The van der Waals surface area contributed by atoms with Gasteiger partial charge < -0.3 is 14.8 Å². The first-order chi connectivity index (χ1) is 11.0. The molecule has 0 fully saturated rings. The van der Waals surface area contributed by atoms with E-state index in [1.165, 1.54) is 12.3 Å². The van der Waals surface area contributed by atoms with E-state index in [4.69, 9.17) is 9.47 Å². The molecule has 1 heterocycles. The fourth-order valence-electron chi connectivity index (χ4n) is 1.90. The monoisotopic (exact) mass is 318 g/mol. The zero-order valence-corrected chi connectivity index (χ0v) is 13.3. The molecule has 0 saturated carbocycles. The molecule has 0 aliphatic heterocycles. The molecule has 6 heteroatoms. The molecule has 0 saturated heterocycles. The first kappa shape index (κ1) is 16.7. The van der Waals surface area contributed by atoms with E-state index in [9.17, 15) is 9.18 Å². The summed E-state index contributed by atoms with van der Waals surface area (Å²) in [7, 11) is 0. The van der Waals surface area contributed by atoms with E-state index >= 15 is 0 Å². The summed E-state index contributed by atoms with van der Waals surface area (Å²) in [5, 5.41) is 3.02. The smallest absolute Gasteiger partial charge is 0.328 e. The number of esters is 1. The maximum Gasteiger partial charge on any atom is 0.328 e. The van der Waals surface area contributed by atoms with E-state index in [1.54, 1.807) is 45.0 Å². The Hall–Kier alpha value is -2.63. The van der Waals surface area contributed by atoms with Gasteiger partial charge in [0, 0.05) is 11.9 Å². The highest BCUT2D eigenvalue weighted by Crippen LogP contribution is 2.24. The summed E-state index contributed by atoms with van der Waals surface area (Å²) < 4.78 is 24.0. The highest BCUT2D eigenvalue weighted by Gasteiger charge is 2.13. The third kappa shape index (κ3) is 4.67. The summed E-state index contributed by atoms with van der Waals surface area (Å²) in [5.74, 6) is -0.451. The molecule has 0 aliphatic carbocycles. The van der Waals surface area contributed by atoms with Crippen LogP contribution in [0.15, 0.2) is 36.5 Å². The van der Waals surface area contributed by atoms with Crippen LogP contribution in [0.1, 0.15) is 19.4 Å². The number of benzene rings is 1. The van der Waals surface area contributed by atoms with Gasteiger partial charge in [-0.15, -0.1) is 0 Å². The summed E-state index contributed by atoms with van der Waals surface area (Å²) >= 11 is 0. The topological polar surface area (TPSA) is 60.5 Å². The summed E-state index contributed by atoms with van der Waals surface area (Å²) in [6.07, 6.45) is 1.54. The fourth-order valence-corrected chi connectivity index (χ4v) is 1.90. The zero-order chi connectivity index (χ0) is 16.8. The van der Waals surface area contributed by atoms with Gasteiger partial charge in [-0.3, -0.25) is 0 Å². The number of nitrogens with zero attached hydrogens (tertiary/aromatic N) is 1. The highest BCUT2D eigenvalue weighted by molar-refractivity contribution is 5.78. The van der Waals surface area contributed by atoms with Gasteiger partial charge in [-0.05, 0) is 56.7 Å². The van der Waals surface area contributed by atoms with Crippen LogP contribution < -0.4 is 10.1 Å². The van der Waals surface area contributed by atoms with E-state index in [0.29, 0.717) is 12.4 Å². The van der Waals surface area contributed by atoms with Gasteiger partial charge in [0.15, 0.2) is 5.82 Å². The molecule has 23 heavy (non-hydrogen) atoms. The molecule has 0 radical (unpaired) electrons. The van der Waals surface area contributed by atoms with Crippen LogP contribution in [-0.2, 0) is 9.53 Å². The van der Waals surface area contributed by atoms with Gasteiger partial charge in [0.05, 0.1) is 6.61 Å². The highest BCUT2D eigenvalue weighted by atomic mass is 19.1. The molecule has 1 aromatic heterocycles. The Morgan fingerprint density at radius 3 is 2.65 bits per heavy atom. The van der Waals surface area contributed by atoms with Crippen molar-refractivity contribution in [1.82, 2.24) is 4.98 Å². The number of rotatable bonds is 6. The maximum atomic E-state index is 13.7. The van der Waals surface area contributed by atoms with Crippen molar-refractivity contribution < 1.29 is 18.7 Å². The van der Waals surface area contributed by atoms with E-state index < -0.39 is 11.9 Å². The Labute approximate surface area is 134 Å². The zero-order valence-electron chi connectivity index (χ0n) is 13.3. The van der Waals surface area contributed by atoms with Crippen molar-refractivity contribution in [2.24, 2.45) is 0 Å². The Kier molecular flexibility index (Phi) is 5.51. The molecule has 2 rings (SSSR count). The second kappa shape index (κ2) is 7.58. The number of nitrogens with one attached hydrogen (secondary N) is 1. The number of aryl methyl sites for hydroxylation is 1. The maximum absolute atomic E-state index is 13.7. The average Bonchev–Trinajstić information content (AvgIpc) is 2.52. The van der Waals surface area contributed by atoms with Gasteiger partial charge >= 0.3 is 5.97 Å². The van der Waals surface area contributed by atoms with Crippen molar-refractivity contribution in [3.63, 3.8) is 0 Å². The van der Waals surface area contributed by atoms with E-state index in [-0.39, 0.29) is 11.8 Å². The molecule has 5 nitrogen and oxygen atoms in total. The Morgan fingerprint density at radius 1 is 1.35 bits per heavy atom. The molecule has 0 aliphatic rings. The Bertz CT molecular complexity index is 674. The molecule has 0 spiro atoms. The minimum atomic E-state index is -0.511.